The molecule has 2 aliphatic rings. The number of rotatable bonds is 4. The molecule has 26 heavy (non-hydrogen) atoms. The van der Waals surface area contributed by atoms with Crippen molar-refractivity contribution in [2.75, 3.05) is 31.1 Å². The van der Waals surface area contributed by atoms with Gasteiger partial charge in [0.05, 0.1) is 12.1 Å². The van der Waals surface area contributed by atoms with E-state index in [-0.39, 0.29) is 23.8 Å². The summed E-state index contributed by atoms with van der Waals surface area (Å²) in [5.41, 5.74) is 1.14. The van der Waals surface area contributed by atoms with Gasteiger partial charge in [-0.25, -0.2) is 4.98 Å². The summed E-state index contributed by atoms with van der Waals surface area (Å²) in [6, 6.07) is 6.24. The van der Waals surface area contributed by atoms with Gasteiger partial charge in [0.25, 0.3) is 0 Å². The van der Waals surface area contributed by atoms with Crippen LogP contribution < -0.4 is 15.5 Å². The van der Waals surface area contributed by atoms with Crippen molar-refractivity contribution in [1.82, 2.24) is 25.4 Å². The number of hydrogen-bond acceptors (Lipinski definition) is 5. The second-order valence-corrected chi connectivity index (χ2v) is 7.28. The van der Waals surface area contributed by atoms with Gasteiger partial charge in [-0.1, -0.05) is 6.07 Å². The molecule has 4 rings (SSSR count). The third kappa shape index (κ3) is 3.58. The molecule has 7 heteroatoms. The van der Waals surface area contributed by atoms with Crippen LogP contribution in [0.15, 0.2) is 36.8 Å². The predicted molar refractivity (Wildman–Crippen MR) is 99.9 cm³/mol. The van der Waals surface area contributed by atoms with Gasteiger partial charge in [0, 0.05) is 57.6 Å². The van der Waals surface area contributed by atoms with E-state index in [1.54, 1.807) is 4.68 Å². The highest BCUT2D eigenvalue weighted by Crippen LogP contribution is 2.28. The first-order chi connectivity index (χ1) is 12.7. The minimum atomic E-state index is -0.0204. The first kappa shape index (κ1) is 17.0. The summed E-state index contributed by atoms with van der Waals surface area (Å²) in [7, 11) is 1.91. The number of nitrogens with zero attached hydrogens (tertiary/aromatic N) is 4. The lowest BCUT2D eigenvalue weighted by Gasteiger charge is -2.33. The van der Waals surface area contributed by atoms with Gasteiger partial charge < -0.3 is 15.5 Å². The zero-order valence-electron chi connectivity index (χ0n) is 15.1. The van der Waals surface area contributed by atoms with Crippen molar-refractivity contribution in [3.8, 4) is 0 Å². The highest BCUT2D eigenvalue weighted by atomic mass is 16.2. The van der Waals surface area contributed by atoms with Gasteiger partial charge >= 0.3 is 0 Å². The molecule has 0 bridgehead atoms. The number of hydrogen-bond donors (Lipinski definition) is 2. The third-order valence-electron chi connectivity index (χ3n) is 5.52. The van der Waals surface area contributed by atoms with E-state index in [4.69, 9.17) is 0 Å². The number of anilines is 1. The molecule has 4 heterocycles. The minimum absolute atomic E-state index is 0.0204. The van der Waals surface area contributed by atoms with Gasteiger partial charge in [0.2, 0.25) is 5.91 Å². The normalized spacial score (nSPS) is 24.0. The lowest BCUT2D eigenvalue weighted by Crippen LogP contribution is -2.47. The van der Waals surface area contributed by atoms with E-state index >= 15 is 0 Å². The summed E-state index contributed by atoms with van der Waals surface area (Å²) in [5, 5.41) is 10.9. The van der Waals surface area contributed by atoms with Crippen molar-refractivity contribution in [3.05, 3.63) is 42.4 Å². The average molecular weight is 354 g/mol. The Hall–Kier alpha value is -2.41. The Morgan fingerprint density at radius 3 is 2.81 bits per heavy atom. The largest absolute Gasteiger partial charge is 0.356 e. The van der Waals surface area contributed by atoms with Gasteiger partial charge in [-0.3, -0.25) is 9.48 Å². The number of piperidine rings is 1. The van der Waals surface area contributed by atoms with Crippen LogP contribution in [0.3, 0.4) is 0 Å². The predicted octanol–water partition coefficient (Wildman–Crippen LogP) is 0.903. The Morgan fingerprint density at radius 1 is 1.27 bits per heavy atom. The van der Waals surface area contributed by atoms with E-state index < -0.39 is 0 Å². The molecule has 0 unspecified atom stereocenters. The summed E-state index contributed by atoms with van der Waals surface area (Å²) < 4.78 is 1.80. The number of carbonyl (C=O) groups is 1. The average Bonchev–Trinajstić information content (AvgIpc) is 3.32. The molecule has 0 spiro atoms. The van der Waals surface area contributed by atoms with E-state index in [2.05, 4.69) is 25.6 Å². The molecule has 2 N–H and O–H groups in total. The van der Waals surface area contributed by atoms with Crippen LogP contribution >= 0.6 is 0 Å². The molecule has 2 saturated heterocycles. The first-order valence-corrected chi connectivity index (χ1v) is 9.36. The van der Waals surface area contributed by atoms with E-state index in [0.717, 1.165) is 50.4 Å². The second-order valence-electron chi connectivity index (χ2n) is 7.28. The number of aromatic nitrogens is 3. The standard InChI is InChI=1S/C19H26N6O/c1-24-13-14(10-22-24)16-11-20-12-17(16)19(26)23-15-5-8-25(9-6-15)18-4-2-3-7-21-18/h2-4,7,10,13,15-17,20H,5-6,8-9,11-12H2,1H3,(H,23,26)/t16-,17+/m1/s1. The number of carbonyl (C=O) groups excluding carboxylic acids is 1. The molecule has 0 aromatic carbocycles. The van der Waals surface area contributed by atoms with Crippen LogP contribution in [0.4, 0.5) is 5.82 Å². The molecule has 7 nitrogen and oxygen atoms in total. The van der Waals surface area contributed by atoms with Crippen LogP contribution in [-0.4, -0.2) is 52.9 Å². The summed E-state index contributed by atoms with van der Waals surface area (Å²) in [6.45, 7) is 3.42. The van der Waals surface area contributed by atoms with E-state index in [0.29, 0.717) is 0 Å². The van der Waals surface area contributed by atoms with Crippen molar-refractivity contribution >= 4 is 11.7 Å². The third-order valence-corrected chi connectivity index (χ3v) is 5.52. The van der Waals surface area contributed by atoms with Gasteiger partial charge in [0.1, 0.15) is 5.82 Å². The minimum Gasteiger partial charge on any atom is -0.356 e. The Morgan fingerprint density at radius 2 is 2.12 bits per heavy atom. The van der Waals surface area contributed by atoms with Gasteiger partial charge in [0.15, 0.2) is 0 Å². The van der Waals surface area contributed by atoms with Crippen LogP contribution in [0.5, 0.6) is 0 Å². The Kier molecular flexibility index (Phi) is 4.88. The summed E-state index contributed by atoms with van der Waals surface area (Å²) in [5.74, 6) is 1.37. The van der Waals surface area contributed by atoms with Crippen LogP contribution in [0.25, 0.3) is 0 Å². The zero-order chi connectivity index (χ0) is 17.9. The molecule has 2 aromatic rings. The van der Waals surface area contributed by atoms with E-state index in [1.807, 2.05) is 43.8 Å². The fourth-order valence-electron chi connectivity index (χ4n) is 4.04. The maximum absolute atomic E-state index is 12.9. The monoisotopic (exact) mass is 354 g/mol. The fourth-order valence-corrected chi connectivity index (χ4v) is 4.04. The fraction of sp³-hybridized carbons (Fsp3) is 0.526. The molecule has 0 aliphatic carbocycles. The van der Waals surface area contributed by atoms with Crippen LogP contribution in [0.2, 0.25) is 0 Å². The molecule has 0 saturated carbocycles. The highest BCUT2D eigenvalue weighted by Gasteiger charge is 2.35. The Balaban J connectivity index is 1.32. The number of aryl methyl sites for hydroxylation is 1. The molecule has 2 aromatic heterocycles. The summed E-state index contributed by atoms with van der Waals surface area (Å²) in [6.07, 6.45) is 7.64. The smallest absolute Gasteiger partial charge is 0.225 e. The maximum Gasteiger partial charge on any atom is 0.225 e. The van der Waals surface area contributed by atoms with Crippen molar-refractivity contribution < 1.29 is 4.79 Å². The number of nitrogens with one attached hydrogen (secondary N) is 2. The second kappa shape index (κ2) is 7.45. The van der Waals surface area contributed by atoms with Gasteiger partial charge in [-0.2, -0.15) is 5.10 Å². The van der Waals surface area contributed by atoms with Crippen LogP contribution in [0, 0.1) is 5.92 Å². The van der Waals surface area contributed by atoms with Crippen molar-refractivity contribution in [2.45, 2.75) is 24.8 Å². The van der Waals surface area contributed by atoms with Crippen LogP contribution in [0.1, 0.15) is 24.3 Å². The Labute approximate surface area is 153 Å². The van der Waals surface area contributed by atoms with Crippen molar-refractivity contribution in [3.63, 3.8) is 0 Å². The number of pyridine rings is 1. The lowest BCUT2D eigenvalue weighted by atomic mass is 9.89. The van der Waals surface area contributed by atoms with Crippen molar-refractivity contribution in [1.29, 1.82) is 0 Å². The molecule has 2 aliphatic heterocycles. The van der Waals surface area contributed by atoms with E-state index in [9.17, 15) is 4.79 Å². The first-order valence-electron chi connectivity index (χ1n) is 9.36. The summed E-state index contributed by atoms with van der Waals surface area (Å²) in [4.78, 5) is 19.6. The topological polar surface area (TPSA) is 75.1 Å². The highest BCUT2D eigenvalue weighted by molar-refractivity contribution is 5.80. The maximum atomic E-state index is 12.9. The number of amides is 1. The molecule has 138 valence electrons. The molecular formula is C19H26N6O. The molecule has 2 atom stereocenters. The molecule has 0 radical (unpaired) electrons. The van der Waals surface area contributed by atoms with Gasteiger partial charge in [-0.15, -0.1) is 0 Å². The molecular weight excluding hydrogens is 328 g/mol. The molecule has 1 amide bonds. The Bertz CT molecular complexity index is 737. The quantitative estimate of drug-likeness (QED) is 0.853. The van der Waals surface area contributed by atoms with Gasteiger partial charge in [-0.05, 0) is 30.5 Å². The lowest BCUT2D eigenvalue weighted by molar-refractivity contribution is -0.125. The SMILES string of the molecule is Cn1cc([C@H]2CNC[C@@H]2C(=O)NC2CCN(c3ccccn3)CC2)cn1. The van der Waals surface area contributed by atoms with E-state index in [1.165, 1.54) is 0 Å². The van der Waals surface area contributed by atoms with Crippen molar-refractivity contribution in [2.24, 2.45) is 13.0 Å². The molecule has 2 fully saturated rings. The summed E-state index contributed by atoms with van der Waals surface area (Å²) >= 11 is 0. The zero-order valence-corrected chi connectivity index (χ0v) is 15.1. The van der Waals surface area contributed by atoms with Crippen LogP contribution in [-0.2, 0) is 11.8 Å².